The molecule has 0 aliphatic carbocycles. The van der Waals surface area contributed by atoms with E-state index in [0.29, 0.717) is 5.56 Å². The molecule has 2 amide bonds. The van der Waals surface area contributed by atoms with Gasteiger partial charge in [-0.05, 0) is 35.4 Å². The Morgan fingerprint density at radius 1 is 0.895 bits per heavy atom. The van der Waals surface area contributed by atoms with Crippen LogP contribution in [-0.4, -0.2) is 11.8 Å². The molecule has 19 heavy (non-hydrogen) atoms. The third-order valence-electron chi connectivity index (χ3n) is 2.71. The quantitative estimate of drug-likeness (QED) is 0.882. The van der Waals surface area contributed by atoms with E-state index in [1.165, 1.54) is 6.92 Å². The predicted octanol–water partition coefficient (Wildman–Crippen LogP) is 2.41. The Bertz CT molecular complexity index is 601. The molecule has 0 aliphatic heterocycles. The lowest BCUT2D eigenvalue weighted by Crippen LogP contribution is -2.10. The van der Waals surface area contributed by atoms with Gasteiger partial charge in [-0.1, -0.05) is 24.3 Å². The highest BCUT2D eigenvalue weighted by molar-refractivity contribution is 5.93. The van der Waals surface area contributed by atoms with Gasteiger partial charge in [0.25, 0.3) is 0 Å². The summed E-state index contributed by atoms with van der Waals surface area (Å²) in [4.78, 5) is 21.9. The number of hydrogen-bond donors (Lipinski definition) is 2. The van der Waals surface area contributed by atoms with Crippen molar-refractivity contribution in [3.05, 3.63) is 54.1 Å². The summed E-state index contributed by atoms with van der Waals surface area (Å²) in [5, 5.41) is 2.71. The number of rotatable bonds is 3. The third-order valence-corrected chi connectivity index (χ3v) is 2.71. The van der Waals surface area contributed by atoms with Gasteiger partial charge in [-0.3, -0.25) is 9.59 Å². The predicted molar refractivity (Wildman–Crippen MR) is 74.7 cm³/mol. The van der Waals surface area contributed by atoms with Gasteiger partial charge in [-0.25, -0.2) is 0 Å². The van der Waals surface area contributed by atoms with Crippen LogP contribution >= 0.6 is 0 Å². The van der Waals surface area contributed by atoms with E-state index in [4.69, 9.17) is 5.73 Å². The minimum Gasteiger partial charge on any atom is -0.366 e. The molecule has 0 saturated carbocycles. The molecule has 0 heterocycles. The van der Waals surface area contributed by atoms with Gasteiger partial charge in [-0.15, -0.1) is 0 Å². The minimum atomic E-state index is -0.437. The van der Waals surface area contributed by atoms with E-state index >= 15 is 0 Å². The van der Waals surface area contributed by atoms with Crippen molar-refractivity contribution in [2.75, 3.05) is 5.32 Å². The summed E-state index contributed by atoms with van der Waals surface area (Å²) in [5.41, 5.74) is 8.42. The third kappa shape index (κ3) is 3.19. The molecule has 0 fully saturated rings. The summed E-state index contributed by atoms with van der Waals surface area (Å²) < 4.78 is 0. The highest BCUT2D eigenvalue weighted by Crippen LogP contribution is 2.21. The van der Waals surface area contributed by atoms with E-state index in [0.717, 1.165) is 16.8 Å². The maximum atomic E-state index is 11.0. The Balaban J connectivity index is 2.22. The molecule has 0 aliphatic rings. The van der Waals surface area contributed by atoms with Crippen molar-refractivity contribution in [2.45, 2.75) is 6.92 Å². The van der Waals surface area contributed by atoms with E-state index in [1.54, 1.807) is 12.1 Å². The molecule has 2 aromatic rings. The van der Waals surface area contributed by atoms with E-state index < -0.39 is 5.91 Å². The molecule has 0 saturated heterocycles. The highest BCUT2D eigenvalue weighted by Gasteiger charge is 2.02. The Hall–Kier alpha value is -2.62. The first-order valence-corrected chi connectivity index (χ1v) is 5.84. The lowest BCUT2D eigenvalue weighted by molar-refractivity contribution is -0.114. The van der Waals surface area contributed by atoms with Gasteiger partial charge >= 0.3 is 0 Å². The van der Waals surface area contributed by atoms with Crippen LogP contribution in [0, 0.1) is 0 Å². The van der Waals surface area contributed by atoms with Crippen molar-refractivity contribution in [2.24, 2.45) is 5.73 Å². The molecule has 2 aromatic carbocycles. The second-order valence-corrected chi connectivity index (χ2v) is 4.20. The number of nitrogens with two attached hydrogens (primary N) is 1. The van der Waals surface area contributed by atoms with Crippen LogP contribution in [0.1, 0.15) is 17.3 Å². The van der Waals surface area contributed by atoms with Crippen LogP contribution < -0.4 is 11.1 Å². The number of benzene rings is 2. The van der Waals surface area contributed by atoms with Crippen LogP contribution in [0.25, 0.3) is 11.1 Å². The van der Waals surface area contributed by atoms with Crippen LogP contribution in [0.15, 0.2) is 48.5 Å². The molecule has 96 valence electrons. The van der Waals surface area contributed by atoms with Crippen molar-refractivity contribution >= 4 is 17.5 Å². The second-order valence-electron chi connectivity index (χ2n) is 4.20. The lowest BCUT2D eigenvalue weighted by Gasteiger charge is -2.05. The van der Waals surface area contributed by atoms with Gasteiger partial charge < -0.3 is 11.1 Å². The normalized spacial score (nSPS) is 9.95. The van der Waals surface area contributed by atoms with Crippen LogP contribution in [-0.2, 0) is 4.79 Å². The Labute approximate surface area is 111 Å². The fourth-order valence-corrected chi connectivity index (χ4v) is 1.78. The van der Waals surface area contributed by atoms with Crippen molar-refractivity contribution in [3.8, 4) is 11.1 Å². The maximum absolute atomic E-state index is 11.0. The zero-order chi connectivity index (χ0) is 13.8. The molecule has 3 N–H and O–H groups in total. The molecule has 2 rings (SSSR count). The molecule has 0 spiro atoms. The van der Waals surface area contributed by atoms with E-state index in [9.17, 15) is 9.59 Å². The molecule has 0 atom stereocenters. The monoisotopic (exact) mass is 254 g/mol. The zero-order valence-electron chi connectivity index (χ0n) is 10.5. The molecule has 0 unspecified atom stereocenters. The van der Waals surface area contributed by atoms with Crippen molar-refractivity contribution in [1.82, 2.24) is 0 Å². The first-order chi connectivity index (χ1) is 9.06. The summed E-state index contributed by atoms with van der Waals surface area (Å²) >= 11 is 0. The SMILES string of the molecule is CC(=O)Nc1ccc(-c2ccc(C(N)=O)cc2)cc1. The molecule has 0 bridgehead atoms. The van der Waals surface area contributed by atoms with E-state index in [-0.39, 0.29) is 5.91 Å². The topological polar surface area (TPSA) is 72.2 Å². The van der Waals surface area contributed by atoms with Crippen LogP contribution in [0.5, 0.6) is 0 Å². The number of anilines is 1. The number of nitrogens with one attached hydrogen (secondary N) is 1. The Kier molecular flexibility index (Phi) is 3.61. The number of hydrogen-bond acceptors (Lipinski definition) is 2. The number of amides is 2. The second kappa shape index (κ2) is 5.35. The molecular formula is C15H14N2O2. The largest absolute Gasteiger partial charge is 0.366 e. The average molecular weight is 254 g/mol. The molecule has 4 heteroatoms. The van der Waals surface area contributed by atoms with Gasteiger partial charge in [0.05, 0.1) is 0 Å². The summed E-state index contributed by atoms with van der Waals surface area (Å²) in [5.74, 6) is -0.536. The van der Waals surface area contributed by atoms with Gasteiger partial charge in [0.15, 0.2) is 0 Å². The van der Waals surface area contributed by atoms with Crippen molar-refractivity contribution in [1.29, 1.82) is 0 Å². The zero-order valence-corrected chi connectivity index (χ0v) is 10.5. The molecular weight excluding hydrogens is 240 g/mol. The van der Waals surface area contributed by atoms with Gasteiger partial charge in [0.1, 0.15) is 0 Å². The van der Waals surface area contributed by atoms with Crippen molar-refractivity contribution < 1.29 is 9.59 Å². The number of primary amides is 1. The smallest absolute Gasteiger partial charge is 0.248 e. The Morgan fingerprint density at radius 2 is 1.37 bits per heavy atom. The van der Waals surface area contributed by atoms with Gasteiger partial charge in [0, 0.05) is 18.2 Å². The van der Waals surface area contributed by atoms with Gasteiger partial charge in [0.2, 0.25) is 11.8 Å². The standard InChI is InChI=1S/C15H14N2O2/c1-10(18)17-14-8-6-12(7-9-14)11-2-4-13(5-3-11)15(16)19/h2-9H,1H3,(H2,16,19)(H,17,18). The van der Waals surface area contributed by atoms with E-state index in [1.807, 2.05) is 36.4 Å². The van der Waals surface area contributed by atoms with Crippen LogP contribution in [0.2, 0.25) is 0 Å². The van der Waals surface area contributed by atoms with E-state index in [2.05, 4.69) is 5.32 Å². The number of carbonyl (C=O) groups is 2. The first-order valence-electron chi connectivity index (χ1n) is 5.84. The lowest BCUT2D eigenvalue weighted by atomic mass is 10.0. The highest BCUT2D eigenvalue weighted by atomic mass is 16.1. The maximum Gasteiger partial charge on any atom is 0.248 e. The van der Waals surface area contributed by atoms with Crippen molar-refractivity contribution in [3.63, 3.8) is 0 Å². The number of carbonyl (C=O) groups excluding carboxylic acids is 2. The van der Waals surface area contributed by atoms with Crippen LogP contribution in [0.3, 0.4) is 0 Å². The molecule has 4 nitrogen and oxygen atoms in total. The van der Waals surface area contributed by atoms with Crippen LogP contribution in [0.4, 0.5) is 5.69 Å². The average Bonchev–Trinajstić information content (AvgIpc) is 2.39. The fraction of sp³-hybridized carbons (Fsp3) is 0.0667. The first kappa shape index (κ1) is 12.8. The fourth-order valence-electron chi connectivity index (χ4n) is 1.78. The summed E-state index contributed by atoms with van der Waals surface area (Å²) in [6.07, 6.45) is 0. The molecule has 0 aromatic heterocycles. The summed E-state index contributed by atoms with van der Waals surface area (Å²) in [7, 11) is 0. The summed E-state index contributed by atoms with van der Waals surface area (Å²) in [6.45, 7) is 1.47. The molecule has 0 radical (unpaired) electrons. The Morgan fingerprint density at radius 3 is 1.79 bits per heavy atom. The summed E-state index contributed by atoms with van der Waals surface area (Å²) in [6, 6.07) is 14.5. The van der Waals surface area contributed by atoms with Gasteiger partial charge in [-0.2, -0.15) is 0 Å². The minimum absolute atomic E-state index is 0.0986.